The van der Waals surface area contributed by atoms with Crippen molar-refractivity contribution >= 4 is 0 Å². The van der Waals surface area contributed by atoms with Crippen LogP contribution >= 0.6 is 0 Å². The number of terminal acetylenes is 1. The number of rotatable bonds is 4. The van der Waals surface area contributed by atoms with Crippen molar-refractivity contribution < 1.29 is 0 Å². The van der Waals surface area contributed by atoms with Crippen LogP contribution in [-0.4, -0.2) is 13.1 Å². The molecule has 8 heavy (non-hydrogen) atoms. The fourth-order valence-corrected chi connectivity index (χ4v) is 0.411. The number of hydrogen-bond acceptors (Lipinski definition) is 1. The summed E-state index contributed by atoms with van der Waals surface area (Å²) in [6.07, 6.45) is 7.08. The van der Waals surface area contributed by atoms with Crippen molar-refractivity contribution in [3.63, 3.8) is 0 Å². The topological polar surface area (TPSA) is 12.0 Å². The molecule has 1 radical (unpaired) electrons. The van der Waals surface area contributed by atoms with E-state index in [9.17, 15) is 0 Å². The molecule has 0 fully saturated rings. The summed E-state index contributed by atoms with van der Waals surface area (Å²) in [5.74, 6) is 2.50. The van der Waals surface area contributed by atoms with Crippen LogP contribution in [-0.2, 0) is 0 Å². The van der Waals surface area contributed by atoms with E-state index in [1.165, 1.54) is 0 Å². The summed E-state index contributed by atoms with van der Waals surface area (Å²) in [6, 6.07) is 0. The summed E-state index contributed by atoms with van der Waals surface area (Å²) in [6.45, 7) is 5.37. The van der Waals surface area contributed by atoms with Crippen LogP contribution in [0, 0.1) is 19.3 Å². The maximum absolute atomic E-state index is 4.98. The lowest BCUT2D eigenvalue weighted by Crippen LogP contribution is -2.14. The Morgan fingerprint density at radius 3 is 2.88 bits per heavy atom. The van der Waals surface area contributed by atoms with Gasteiger partial charge in [0.1, 0.15) is 0 Å². The molecule has 0 atom stereocenters. The van der Waals surface area contributed by atoms with Crippen molar-refractivity contribution in [3.05, 3.63) is 6.92 Å². The molecule has 0 amide bonds. The van der Waals surface area contributed by atoms with Crippen LogP contribution in [0.1, 0.15) is 12.8 Å². The summed E-state index contributed by atoms with van der Waals surface area (Å²) >= 11 is 0. The van der Waals surface area contributed by atoms with Gasteiger partial charge in [0.25, 0.3) is 0 Å². The summed E-state index contributed by atoms with van der Waals surface area (Å²) < 4.78 is 0. The molecule has 0 unspecified atom stereocenters. The molecule has 1 N–H and O–H groups in total. The largest absolute Gasteiger partial charge is 0.306 e. The summed E-state index contributed by atoms with van der Waals surface area (Å²) in [5.41, 5.74) is 0. The molecule has 0 heterocycles. The maximum atomic E-state index is 4.98. The molecular formula is C7H12N. The molecule has 0 saturated heterocycles. The second kappa shape index (κ2) is 6.52. The van der Waals surface area contributed by atoms with E-state index in [1.807, 2.05) is 0 Å². The minimum atomic E-state index is 0.681. The van der Waals surface area contributed by atoms with Gasteiger partial charge in [0.15, 0.2) is 0 Å². The van der Waals surface area contributed by atoms with E-state index in [-0.39, 0.29) is 0 Å². The van der Waals surface area contributed by atoms with Crippen LogP contribution in [0.25, 0.3) is 0 Å². The standard InChI is InChI=1S/C7H12N/c1-3-5-7-8-6-4-2/h2,8H,1,3,5-7H2. The lowest BCUT2D eigenvalue weighted by Gasteiger charge is -1.94. The predicted molar refractivity (Wildman–Crippen MR) is 36.3 cm³/mol. The predicted octanol–water partition coefficient (Wildman–Crippen LogP) is 0.823. The van der Waals surface area contributed by atoms with E-state index in [2.05, 4.69) is 18.2 Å². The van der Waals surface area contributed by atoms with Crippen molar-refractivity contribution in [1.82, 2.24) is 5.32 Å². The summed E-state index contributed by atoms with van der Waals surface area (Å²) in [7, 11) is 0. The second-order valence-electron chi connectivity index (χ2n) is 1.59. The van der Waals surface area contributed by atoms with Gasteiger partial charge in [-0.05, 0) is 13.0 Å². The number of unbranched alkanes of at least 4 members (excludes halogenated alkanes) is 1. The van der Waals surface area contributed by atoms with E-state index < -0.39 is 0 Å². The fourth-order valence-electron chi connectivity index (χ4n) is 0.411. The molecule has 0 spiro atoms. The lowest BCUT2D eigenvalue weighted by molar-refractivity contribution is 0.706. The van der Waals surface area contributed by atoms with Gasteiger partial charge in [-0.3, -0.25) is 0 Å². The normalized spacial score (nSPS) is 8.50. The van der Waals surface area contributed by atoms with Crippen LogP contribution in [0.4, 0.5) is 0 Å². The molecule has 0 aliphatic carbocycles. The van der Waals surface area contributed by atoms with Crippen LogP contribution in [0.2, 0.25) is 0 Å². The molecule has 0 bridgehead atoms. The van der Waals surface area contributed by atoms with Crippen LogP contribution in [0.3, 0.4) is 0 Å². The zero-order valence-corrected chi connectivity index (χ0v) is 5.11. The molecular weight excluding hydrogens is 98.1 g/mol. The Balaban J connectivity index is 2.65. The average molecular weight is 110 g/mol. The van der Waals surface area contributed by atoms with E-state index >= 15 is 0 Å². The molecule has 45 valence electrons. The van der Waals surface area contributed by atoms with Crippen LogP contribution in [0.15, 0.2) is 0 Å². The maximum Gasteiger partial charge on any atom is 0.0573 e. The minimum absolute atomic E-state index is 0.681. The molecule has 0 saturated carbocycles. The van der Waals surface area contributed by atoms with E-state index in [0.29, 0.717) is 6.54 Å². The monoisotopic (exact) mass is 110 g/mol. The number of hydrogen-bond donors (Lipinski definition) is 1. The van der Waals surface area contributed by atoms with Crippen molar-refractivity contribution in [1.29, 1.82) is 0 Å². The van der Waals surface area contributed by atoms with Crippen molar-refractivity contribution in [2.45, 2.75) is 12.8 Å². The van der Waals surface area contributed by atoms with Gasteiger partial charge in [0.2, 0.25) is 0 Å². The van der Waals surface area contributed by atoms with Gasteiger partial charge in [0.05, 0.1) is 6.54 Å². The molecule has 0 aliphatic rings. The third kappa shape index (κ3) is 5.52. The van der Waals surface area contributed by atoms with Gasteiger partial charge in [-0.2, -0.15) is 0 Å². The van der Waals surface area contributed by atoms with E-state index in [4.69, 9.17) is 6.42 Å². The van der Waals surface area contributed by atoms with Crippen LogP contribution < -0.4 is 5.32 Å². The van der Waals surface area contributed by atoms with E-state index in [1.54, 1.807) is 0 Å². The average Bonchev–Trinajstić information content (AvgIpc) is 1.81. The molecule has 0 aromatic carbocycles. The molecule has 0 aromatic heterocycles. The quantitative estimate of drug-likeness (QED) is 0.417. The first kappa shape index (κ1) is 7.52. The first-order chi connectivity index (χ1) is 3.91. The Morgan fingerprint density at radius 1 is 1.62 bits per heavy atom. The fraction of sp³-hybridized carbons (Fsp3) is 0.571. The highest BCUT2D eigenvalue weighted by molar-refractivity contribution is 4.86. The summed E-state index contributed by atoms with van der Waals surface area (Å²) in [5, 5.41) is 3.06. The third-order valence-electron chi connectivity index (χ3n) is 0.831. The highest BCUT2D eigenvalue weighted by atomic mass is 14.8. The lowest BCUT2D eigenvalue weighted by atomic mass is 10.3. The number of nitrogens with one attached hydrogen (secondary N) is 1. The zero-order chi connectivity index (χ0) is 6.24. The van der Waals surface area contributed by atoms with Gasteiger partial charge >= 0.3 is 0 Å². The molecule has 0 aromatic rings. The second-order valence-corrected chi connectivity index (χ2v) is 1.59. The first-order valence-corrected chi connectivity index (χ1v) is 2.85. The van der Waals surface area contributed by atoms with Crippen LogP contribution in [0.5, 0.6) is 0 Å². The van der Waals surface area contributed by atoms with Crippen molar-refractivity contribution in [2.24, 2.45) is 0 Å². The SMILES string of the molecule is C#CCNCCC[CH2]. The highest BCUT2D eigenvalue weighted by Crippen LogP contribution is 1.79. The zero-order valence-electron chi connectivity index (χ0n) is 5.11. The smallest absolute Gasteiger partial charge is 0.0573 e. The van der Waals surface area contributed by atoms with Gasteiger partial charge in [-0.15, -0.1) is 6.42 Å². The Labute approximate surface area is 51.5 Å². The Bertz CT molecular complexity index is 70.9. The van der Waals surface area contributed by atoms with Gasteiger partial charge in [0, 0.05) is 0 Å². The van der Waals surface area contributed by atoms with Crippen molar-refractivity contribution in [3.8, 4) is 12.3 Å². The third-order valence-corrected chi connectivity index (χ3v) is 0.831. The minimum Gasteiger partial charge on any atom is -0.306 e. The van der Waals surface area contributed by atoms with Crippen molar-refractivity contribution in [2.75, 3.05) is 13.1 Å². The van der Waals surface area contributed by atoms with Gasteiger partial charge < -0.3 is 5.32 Å². The molecule has 1 heteroatoms. The molecule has 0 rings (SSSR count). The van der Waals surface area contributed by atoms with Gasteiger partial charge in [-0.25, -0.2) is 0 Å². The Hall–Kier alpha value is -0.480. The molecule has 1 nitrogen and oxygen atoms in total. The molecule has 0 aliphatic heterocycles. The highest BCUT2D eigenvalue weighted by Gasteiger charge is 1.79. The van der Waals surface area contributed by atoms with E-state index in [0.717, 1.165) is 19.4 Å². The Kier molecular flexibility index (Phi) is 6.13. The van der Waals surface area contributed by atoms with Gasteiger partial charge in [-0.1, -0.05) is 19.3 Å². The Morgan fingerprint density at radius 2 is 2.38 bits per heavy atom. The summed E-state index contributed by atoms with van der Waals surface area (Å²) in [4.78, 5) is 0. The first-order valence-electron chi connectivity index (χ1n) is 2.85.